The zero-order valence-electron chi connectivity index (χ0n) is 9.62. The molecule has 0 aromatic heterocycles. The summed E-state index contributed by atoms with van der Waals surface area (Å²) in [5, 5.41) is 0. The maximum atomic E-state index is 5.46. The van der Waals surface area contributed by atoms with E-state index < -0.39 is 0 Å². The predicted octanol–water partition coefficient (Wildman–Crippen LogP) is 4.03. The minimum absolute atomic E-state index is 0.751. The van der Waals surface area contributed by atoms with Crippen molar-refractivity contribution in [1.29, 1.82) is 0 Å². The summed E-state index contributed by atoms with van der Waals surface area (Å²) in [6, 6.07) is 10.3. The van der Waals surface area contributed by atoms with Crippen LogP contribution in [0.5, 0.6) is 0 Å². The molecule has 0 aliphatic heterocycles. The summed E-state index contributed by atoms with van der Waals surface area (Å²) >= 11 is 0. The van der Waals surface area contributed by atoms with Crippen LogP contribution >= 0.6 is 0 Å². The molecule has 1 rings (SSSR count). The number of rotatable bonds is 5. The Hall–Kier alpha value is -0.820. The number of hydrogen-bond acceptors (Lipinski definition) is 1. The maximum absolute atomic E-state index is 5.46. The van der Waals surface area contributed by atoms with E-state index in [2.05, 4.69) is 19.1 Å². The van der Waals surface area contributed by atoms with E-state index in [9.17, 15) is 0 Å². The lowest BCUT2D eigenvalue weighted by molar-refractivity contribution is 0.118. The van der Waals surface area contributed by atoms with Gasteiger partial charge in [0.05, 0.1) is 6.61 Å². The van der Waals surface area contributed by atoms with Crippen molar-refractivity contribution in [3.63, 3.8) is 0 Å². The van der Waals surface area contributed by atoms with Crippen LogP contribution in [0.25, 0.3) is 0 Å². The average molecular weight is 194 g/mol. The Morgan fingerprint density at radius 3 is 2.29 bits per heavy atom. The summed E-state index contributed by atoms with van der Waals surface area (Å²) in [5.41, 5.74) is 1.26. The SMILES string of the molecule is CC.CCCCOCc1ccccc1. The third-order valence-electron chi connectivity index (χ3n) is 1.75. The summed E-state index contributed by atoms with van der Waals surface area (Å²) in [4.78, 5) is 0. The highest BCUT2D eigenvalue weighted by atomic mass is 16.5. The molecule has 1 nitrogen and oxygen atoms in total. The van der Waals surface area contributed by atoms with Gasteiger partial charge in [0.25, 0.3) is 0 Å². The summed E-state index contributed by atoms with van der Waals surface area (Å²) in [6.07, 6.45) is 2.36. The molecule has 0 spiro atoms. The Morgan fingerprint density at radius 1 is 1.07 bits per heavy atom. The molecule has 0 fully saturated rings. The van der Waals surface area contributed by atoms with Gasteiger partial charge in [0.1, 0.15) is 0 Å². The fraction of sp³-hybridized carbons (Fsp3) is 0.538. The molecule has 0 heterocycles. The van der Waals surface area contributed by atoms with Crippen molar-refractivity contribution in [2.24, 2.45) is 0 Å². The molecule has 1 heteroatoms. The van der Waals surface area contributed by atoms with Crippen LogP contribution in [0.3, 0.4) is 0 Å². The third-order valence-corrected chi connectivity index (χ3v) is 1.75. The van der Waals surface area contributed by atoms with Gasteiger partial charge in [-0.15, -0.1) is 0 Å². The first kappa shape index (κ1) is 13.2. The molecule has 0 aliphatic carbocycles. The molecule has 0 N–H and O–H groups in total. The van der Waals surface area contributed by atoms with Gasteiger partial charge in [-0.3, -0.25) is 0 Å². The van der Waals surface area contributed by atoms with Crippen molar-refractivity contribution in [2.45, 2.75) is 40.2 Å². The molecule has 80 valence electrons. The first-order valence-corrected chi connectivity index (χ1v) is 5.55. The summed E-state index contributed by atoms with van der Waals surface area (Å²) in [7, 11) is 0. The van der Waals surface area contributed by atoms with E-state index in [-0.39, 0.29) is 0 Å². The van der Waals surface area contributed by atoms with E-state index >= 15 is 0 Å². The molecule has 0 bridgehead atoms. The van der Waals surface area contributed by atoms with Gasteiger partial charge in [0, 0.05) is 6.61 Å². The Balaban J connectivity index is 0.000000791. The van der Waals surface area contributed by atoms with Gasteiger partial charge in [-0.05, 0) is 12.0 Å². The standard InChI is InChI=1S/C11H16O.C2H6/c1-2-3-9-12-10-11-7-5-4-6-8-11;1-2/h4-8H,2-3,9-10H2,1H3;1-2H3. The molecule has 0 amide bonds. The fourth-order valence-electron chi connectivity index (χ4n) is 1.01. The van der Waals surface area contributed by atoms with Gasteiger partial charge in [-0.25, -0.2) is 0 Å². The van der Waals surface area contributed by atoms with E-state index in [4.69, 9.17) is 4.74 Å². The Morgan fingerprint density at radius 2 is 1.71 bits per heavy atom. The molecule has 0 unspecified atom stereocenters. The number of ether oxygens (including phenoxy) is 1. The van der Waals surface area contributed by atoms with Crippen LogP contribution in [-0.2, 0) is 11.3 Å². The molecular weight excluding hydrogens is 172 g/mol. The largest absolute Gasteiger partial charge is 0.377 e. The van der Waals surface area contributed by atoms with Crippen molar-refractivity contribution < 1.29 is 4.74 Å². The van der Waals surface area contributed by atoms with Crippen LogP contribution in [0.4, 0.5) is 0 Å². The van der Waals surface area contributed by atoms with E-state index in [1.54, 1.807) is 0 Å². The molecule has 1 aromatic rings. The van der Waals surface area contributed by atoms with Gasteiger partial charge in [-0.1, -0.05) is 57.5 Å². The fourth-order valence-corrected chi connectivity index (χ4v) is 1.01. The van der Waals surface area contributed by atoms with E-state index in [0.717, 1.165) is 19.6 Å². The zero-order valence-corrected chi connectivity index (χ0v) is 9.62. The zero-order chi connectivity index (χ0) is 10.6. The third kappa shape index (κ3) is 6.67. The van der Waals surface area contributed by atoms with Gasteiger partial charge in [-0.2, -0.15) is 0 Å². The van der Waals surface area contributed by atoms with Crippen LogP contribution in [0.15, 0.2) is 30.3 Å². The first-order valence-electron chi connectivity index (χ1n) is 5.55. The molecule has 0 radical (unpaired) electrons. The smallest absolute Gasteiger partial charge is 0.0716 e. The van der Waals surface area contributed by atoms with Crippen molar-refractivity contribution in [2.75, 3.05) is 6.61 Å². The molecule has 0 saturated heterocycles. The summed E-state index contributed by atoms with van der Waals surface area (Å²) < 4.78 is 5.46. The molecule has 0 aliphatic rings. The van der Waals surface area contributed by atoms with E-state index in [0.29, 0.717) is 0 Å². The molecule has 0 atom stereocenters. The highest BCUT2D eigenvalue weighted by Crippen LogP contribution is 2.00. The van der Waals surface area contributed by atoms with E-state index in [1.807, 2.05) is 32.0 Å². The minimum Gasteiger partial charge on any atom is -0.377 e. The lowest BCUT2D eigenvalue weighted by atomic mass is 10.2. The number of unbranched alkanes of at least 4 members (excludes halogenated alkanes) is 1. The second kappa shape index (κ2) is 10.3. The highest BCUT2D eigenvalue weighted by Gasteiger charge is 1.89. The average Bonchev–Trinajstić information content (AvgIpc) is 2.29. The monoisotopic (exact) mass is 194 g/mol. The molecule has 1 aromatic carbocycles. The first-order chi connectivity index (χ1) is 6.93. The van der Waals surface area contributed by atoms with Crippen LogP contribution in [0, 0.1) is 0 Å². The second-order valence-corrected chi connectivity index (χ2v) is 2.89. The molecular formula is C13H22O. The molecule has 14 heavy (non-hydrogen) atoms. The quantitative estimate of drug-likeness (QED) is 0.643. The Labute approximate surface area is 88.1 Å². The summed E-state index contributed by atoms with van der Waals surface area (Å²) in [5.74, 6) is 0. The van der Waals surface area contributed by atoms with Gasteiger partial charge in [0.2, 0.25) is 0 Å². The predicted molar refractivity (Wildman–Crippen MR) is 62.4 cm³/mol. The Kier molecular flexibility index (Phi) is 9.66. The topological polar surface area (TPSA) is 9.23 Å². The van der Waals surface area contributed by atoms with Crippen LogP contribution in [0.2, 0.25) is 0 Å². The number of hydrogen-bond donors (Lipinski definition) is 0. The molecule has 0 saturated carbocycles. The van der Waals surface area contributed by atoms with Crippen molar-refractivity contribution in [1.82, 2.24) is 0 Å². The van der Waals surface area contributed by atoms with Crippen LogP contribution in [-0.4, -0.2) is 6.61 Å². The van der Waals surface area contributed by atoms with Crippen LogP contribution in [0.1, 0.15) is 39.2 Å². The normalized spacial score (nSPS) is 9.07. The highest BCUT2D eigenvalue weighted by molar-refractivity contribution is 5.13. The minimum atomic E-state index is 0.751. The van der Waals surface area contributed by atoms with Gasteiger partial charge in [0.15, 0.2) is 0 Å². The van der Waals surface area contributed by atoms with E-state index in [1.165, 1.54) is 12.0 Å². The maximum Gasteiger partial charge on any atom is 0.0716 e. The second-order valence-electron chi connectivity index (χ2n) is 2.89. The lowest BCUT2D eigenvalue weighted by Crippen LogP contribution is -1.94. The van der Waals surface area contributed by atoms with Crippen LogP contribution < -0.4 is 0 Å². The van der Waals surface area contributed by atoms with Crippen molar-refractivity contribution in [3.05, 3.63) is 35.9 Å². The van der Waals surface area contributed by atoms with Crippen molar-refractivity contribution >= 4 is 0 Å². The number of benzene rings is 1. The van der Waals surface area contributed by atoms with Crippen molar-refractivity contribution in [3.8, 4) is 0 Å². The summed E-state index contributed by atoms with van der Waals surface area (Å²) in [6.45, 7) is 7.80. The van der Waals surface area contributed by atoms with Gasteiger partial charge < -0.3 is 4.74 Å². The van der Waals surface area contributed by atoms with Gasteiger partial charge >= 0.3 is 0 Å². The Bertz CT molecular complexity index is 194. The lowest BCUT2D eigenvalue weighted by Gasteiger charge is -2.02.